The lowest BCUT2D eigenvalue weighted by molar-refractivity contribution is -0.144. The number of benzene rings is 1. The normalized spacial score (nSPS) is 23.6. The highest BCUT2D eigenvalue weighted by molar-refractivity contribution is 5.99. The van der Waals surface area contributed by atoms with Crippen molar-refractivity contribution in [2.75, 3.05) is 27.9 Å². The van der Waals surface area contributed by atoms with Gasteiger partial charge in [0, 0.05) is 12.0 Å². The molecule has 0 aromatic heterocycles. The zero-order valence-electron chi connectivity index (χ0n) is 15.6. The largest absolute Gasteiger partial charge is 0.493 e. The standard InChI is InChI=1S/C20H26O6/c1-23-17-8-15(9-18(24-2)20(17)25-3)16(21)11-26-19(22)10-14-7-12-4-5-13(14)6-12/h8-9,12-14H,4-7,10-11H2,1-3H3. The Labute approximate surface area is 153 Å². The van der Waals surface area contributed by atoms with E-state index >= 15 is 0 Å². The van der Waals surface area contributed by atoms with Gasteiger partial charge in [-0.15, -0.1) is 0 Å². The van der Waals surface area contributed by atoms with E-state index in [1.165, 1.54) is 40.6 Å². The molecule has 0 amide bonds. The molecule has 2 bridgehead atoms. The molecule has 0 aliphatic heterocycles. The minimum Gasteiger partial charge on any atom is -0.493 e. The second-order valence-electron chi connectivity index (χ2n) is 7.14. The average Bonchev–Trinajstić information content (AvgIpc) is 3.27. The van der Waals surface area contributed by atoms with Crippen molar-refractivity contribution in [3.8, 4) is 17.2 Å². The van der Waals surface area contributed by atoms with Crippen molar-refractivity contribution in [2.24, 2.45) is 17.8 Å². The Morgan fingerprint density at radius 2 is 1.69 bits per heavy atom. The number of ketones is 1. The molecule has 2 saturated carbocycles. The number of carbonyl (C=O) groups excluding carboxylic acids is 2. The molecule has 2 aliphatic carbocycles. The number of hydrogen-bond acceptors (Lipinski definition) is 6. The molecule has 0 saturated heterocycles. The second-order valence-corrected chi connectivity index (χ2v) is 7.14. The molecule has 0 radical (unpaired) electrons. The minimum absolute atomic E-state index is 0.279. The second kappa shape index (κ2) is 7.98. The van der Waals surface area contributed by atoms with Gasteiger partial charge >= 0.3 is 5.97 Å². The number of Topliss-reactive ketones (excluding diaryl/α,β-unsaturated/α-hetero) is 1. The molecule has 1 aromatic rings. The summed E-state index contributed by atoms with van der Waals surface area (Å²) in [6, 6.07) is 3.13. The van der Waals surface area contributed by atoms with Crippen LogP contribution in [0.3, 0.4) is 0 Å². The number of esters is 1. The Kier molecular flexibility index (Phi) is 5.69. The van der Waals surface area contributed by atoms with Gasteiger partial charge in [-0.2, -0.15) is 0 Å². The van der Waals surface area contributed by atoms with Gasteiger partial charge in [0.25, 0.3) is 0 Å². The third kappa shape index (κ3) is 3.79. The lowest BCUT2D eigenvalue weighted by Crippen LogP contribution is -2.20. The van der Waals surface area contributed by atoms with E-state index in [4.69, 9.17) is 18.9 Å². The molecule has 142 valence electrons. The predicted molar refractivity (Wildman–Crippen MR) is 94.9 cm³/mol. The summed E-state index contributed by atoms with van der Waals surface area (Å²) in [5, 5.41) is 0. The molecular formula is C20H26O6. The topological polar surface area (TPSA) is 71.1 Å². The highest BCUT2D eigenvalue weighted by Crippen LogP contribution is 2.49. The SMILES string of the molecule is COc1cc(C(=O)COC(=O)CC2CC3CCC2C3)cc(OC)c1OC. The van der Waals surface area contributed by atoms with Crippen LogP contribution in [0.5, 0.6) is 17.2 Å². The van der Waals surface area contributed by atoms with Crippen LogP contribution in [0.25, 0.3) is 0 Å². The highest BCUT2D eigenvalue weighted by atomic mass is 16.5. The summed E-state index contributed by atoms with van der Waals surface area (Å²) in [5.41, 5.74) is 0.354. The van der Waals surface area contributed by atoms with Crippen molar-refractivity contribution in [2.45, 2.75) is 32.1 Å². The minimum atomic E-state index is -0.300. The van der Waals surface area contributed by atoms with Crippen LogP contribution in [-0.4, -0.2) is 39.7 Å². The molecule has 2 fully saturated rings. The van der Waals surface area contributed by atoms with Gasteiger partial charge in [-0.1, -0.05) is 6.42 Å². The fourth-order valence-corrected chi connectivity index (χ4v) is 4.37. The number of ether oxygens (including phenoxy) is 4. The molecule has 26 heavy (non-hydrogen) atoms. The van der Waals surface area contributed by atoms with Crippen LogP contribution in [0.2, 0.25) is 0 Å². The molecule has 3 atom stereocenters. The Balaban J connectivity index is 1.58. The molecule has 3 unspecified atom stereocenters. The van der Waals surface area contributed by atoms with Gasteiger partial charge in [-0.3, -0.25) is 9.59 Å². The summed E-state index contributed by atoms with van der Waals surface area (Å²) < 4.78 is 21.0. The third-order valence-electron chi connectivity index (χ3n) is 5.66. The van der Waals surface area contributed by atoms with Gasteiger partial charge in [-0.25, -0.2) is 0 Å². The quantitative estimate of drug-likeness (QED) is 0.522. The Hall–Kier alpha value is -2.24. The average molecular weight is 362 g/mol. The summed E-state index contributed by atoms with van der Waals surface area (Å²) >= 11 is 0. The van der Waals surface area contributed by atoms with Crippen molar-refractivity contribution in [1.29, 1.82) is 0 Å². The maximum absolute atomic E-state index is 12.4. The lowest BCUT2D eigenvalue weighted by atomic mass is 9.86. The first kappa shape index (κ1) is 18.5. The van der Waals surface area contributed by atoms with E-state index in [0.29, 0.717) is 41.1 Å². The molecule has 1 aromatic carbocycles. The van der Waals surface area contributed by atoms with Gasteiger partial charge in [0.1, 0.15) is 0 Å². The van der Waals surface area contributed by atoms with Crippen molar-refractivity contribution < 1.29 is 28.5 Å². The molecule has 0 heterocycles. The zero-order chi connectivity index (χ0) is 18.7. The van der Waals surface area contributed by atoms with Gasteiger partial charge in [0.05, 0.1) is 21.3 Å². The monoisotopic (exact) mass is 362 g/mol. The number of fused-ring (bicyclic) bond motifs is 2. The maximum atomic E-state index is 12.4. The number of carbonyl (C=O) groups is 2. The summed E-state index contributed by atoms with van der Waals surface area (Å²) in [6.45, 7) is -0.279. The molecule has 0 spiro atoms. The first-order valence-electron chi connectivity index (χ1n) is 9.04. The fourth-order valence-electron chi connectivity index (χ4n) is 4.37. The summed E-state index contributed by atoms with van der Waals surface area (Å²) in [7, 11) is 4.47. The van der Waals surface area contributed by atoms with Gasteiger partial charge in [0.2, 0.25) is 11.5 Å². The molecule has 3 rings (SSSR count). The Bertz CT molecular complexity index is 658. The van der Waals surface area contributed by atoms with Crippen LogP contribution < -0.4 is 14.2 Å². The van der Waals surface area contributed by atoms with Crippen LogP contribution in [0.15, 0.2) is 12.1 Å². The first-order chi connectivity index (χ1) is 12.5. The highest BCUT2D eigenvalue weighted by Gasteiger charge is 2.40. The first-order valence-corrected chi connectivity index (χ1v) is 9.04. The molecule has 2 aliphatic rings. The van der Waals surface area contributed by atoms with Crippen LogP contribution in [0, 0.1) is 17.8 Å². The van der Waals surface area contributed by atoms with Crippen LogP contribution in [0.1, 0.15) is 42.5 Å². The van der Waals surface area contributed by atoms with Crippen molar-refractivity contribution >= 4 is 11.8 Å². The fraction of sp³-hybridized carbons (Fsp3) is 0.600. The van der Waals surface area contributed by atoms with E-state index in [2.05, 4.69) is 0 Å². The summed E-state index contributed by atoms with van der Waals surface area (Å²) in [4.78, 5) is 24.5. The van der Waals surface area contributed by atoms with E-state index in [1.54, 1.807) is 12.1 Å². The zero-order valence-corrected chi connectivity index (χ0v) is 15.6. The van der Waals surface area contributed by atoms with E-state index in [9.17, 15) is 9.59 Å². The van der Waals surface area contributed by atoms with E-state index in [0.717, 1.165) is 12.3 Å². The third-order valence-corrected chi connectivity index (χ3v) is 5.66. The van der Waals surface area contributed by atoms with E-state index < -0.39 is 0 Å². The predicted octanol–water partition coefficient (Wildman–Crippen LogP) is 3.26. The molecular weight excluding hydrogens is 336 g/mol. The van der Waals surface area contributed by atoms with Crippen LogP contribution >= 0.6 is 0 Å². The number of methoxy groups -OCH3 is 3. The Morgan fingerprint density at radius 1 is 1.00 bits per heavy atom. The van der Waals surface area contributed by atoms with Crippen LogP contribution in [-0.2, 0) is 9.53 Å². The molecule has 6 heteroatoms. The summed E-state index contributed by atoms with van der Waals surface area (Å²) in [5.74, 6) is 2.50. The van der Waals surface area contributed by atoms with Crippen LogP contribution in [0.4, 0.5) is 0 Å². The van der Waals surface area contributed by atoms with Gasteiger partial charge in [0.15, 0.2) is 18.1 Å². The maximum Gasteiger partial charge on any atom is 0.306 e. The molecule has 0 N–H and O–H groups in total. The van der Waals surface area contributed by atoms with E-state index in [1.807, 2.05) is 0 Å². The number of hydrogen-bond donors (Lipinski definition) is 0. The summed E-state index contributed by atoms with van der Waals surface area (Å²) in [6.07, 6.45) is 5.33. The van der Waals surface area contributed by atoms with E-state index in [-0.39, 0.29) is 18.4 Å². The smallest absolute Gasteiger partial charge is 0.306 e. The number of rotatable bonds is 8. The lowest BCUT2D eigenvalue weighted by Gasteiger charge is -2.20. The van der Waals surface area contributed by atoms with Crippen molar-refractivity contribution in [3.05, 3.63) is 17.7 Å². The van der Waals surface area contributed by atoms with Gasteiger partial charge < -0.3 is 18.9 Å². The molecule has 6 nitrogen and oxygen atoms in total. The van der Waals surface area contributed by atoms with Gasteiger partial charge in [-0.05, 0) is 49.1 Å². The van der Waals surface area contributed by atoms with Crippen molar-refractivity contribution in [3.63, 3.8) is 0 Å². The van der Waals surface area contributed by atoms with Crippen molar-refractivity contribution in [1.82, 2.24) is 0 Å². The Morgan fingerprint density at radius 3 is 2.19 bits per heavy atom.